The molecule has 26 heavy (non-hydrogen) atoms. The Hall–Kier alpha value is -2.90. The predicted octanol–water partition coefficient (Wildman–Crippen LogP) is 2.20. The summed E-state index contributed by atoms with van der Waals surface area (Å²) in [5.74, 6) is 0.286. The van der Waals surface area contributed by atoms with Gasteiger partial charge < -0.3 is 19.8 Å². The van der Waals surface area contributed by atoms with Crippen LogP contribution in [0.15, 0.2) is 53.2 Å². The Balaban J connectivity index is 1.46. The molecule has 1 fully saturated rings. The van der Waals surface area contributed by atoms with Crippen molar-refractivity contribution >= 4 is 29.3 Å². The van der Waals surface area contributed by atoms with Gasteiger partial charge in [0.1, 0.15) is 5.76 Å². The topological polar surface area (TPSA) is 83.8 Å². The number of morpholine rings is 1. The zero-order valence-corrected chi connectivity index (χ0v) is 14.3. The van der Waals surface area contributed by atoms with E-state index in [0.717, 1.165) is 13.1 Å². The minimum atomic E-state index is -0.259. The zero-order valence-electron chi connectivity index (χ0n) is 14.3. The summed E-state index contributed by atoms with van der Waals surface area (Å²) in [6.07, 6.45) is 4.54. The van der Waals surface area contributed by atoms with E-state index in [0.29, 0.717) is 36.9 Å². The van der Waals surface area contributed by atoms with Gasteiger partial charge in [0.25, 0.3) is 0 Å². The fourth-order valence-electron chi connectivity index (χ4n) is 2.53. The van der Waals surface area contributed by atoms with Crippen molar-refractivity contribution in [3.63, 3.8) is 0 Å². The Morgan fingerprint density at radius 2 is 1.73 bits per heavy atom. The monoisotopic (exact) mass is 355 g/mol. The second-order valence-electron chi connectivity index (χ2n) is 5.85. The predicted molar refractivity (Wildman–Crippen MR) is 98.7 cm³/mol. The standard InChI is InChI=1S/C19H21N3O4/c23-18(8-7-17-2-1-11-26-17)20-15-3-5-16(6-4-15)21-19(24)14-22-9-12-25-13-10-22/h1-8,11H,9-10,12-14H2,(H,20,23)(H,21,24)/b8-7+. The summed E-state index contributed by atoms with van der Waals surface area (Å²) < 4.78 is 10.4. The Bertz CT molecular complexity index is 748. The molecule has 0 aliphatic carbocycles. The summed E-state index contributed by atoms with van der Waals surface area (Å²) >= 11 is 0. The zero-order chi connectivity index (χ0) is 18.2. The molecular weight excluding hydrogens is 334 g/mol. The van der Waals surface area contributed by atoms with Crippen LogP contribution in [0.25, 0.3) is 6.08 Å². The summed E-state index contributed by atoms with van der Waals surface area (Å²) in [5.41, 5.74) is 1.33. The van der Waals surface area contributed by atoms with E-state index in [9.17, 15) is 9.59 Å². The Morgan fingerprint density at radius 3 is 2.38 bits per heavy atom. The fraction of sp³-hybridized carbons (Fsp3) is 0.263. The first-order chi connectivity index (χ1) is 12.7. The van der Waals surface area contributed by atoms with Gasteiger partial charge in [-0.3, -0.25) is 14.5 Å². The third kappa shape index (κ3) is 5.58. The lowest BCUT2D eigenvalue weighted by Crippen LogP contribution is -2.41. The normalized spacial score (nSPS) is 15.1. The number of hydrogen-bond acceptors (Lipinski definition) is 5. The molecule has 2 N–H and O–H groups in total. The molecule has 0 spiro atoms. The van der Waals surface area contributed by atoms with E-state index >= 15 is 0 Å². The Morgan fingerprint density at radius 1 is 1.04 bits per heavy atom. The van der Waals surface area contributed by atoms with Crippen LogP contribution in [0, 0.1) is 0 Å². The molecule has 0 unspecified atom stereocenters. The maximum Gasteiger partial charge on any atom is 0.248 e. The van der Waals surface area contributed by atoms with E-state index in [2.05, 4.69) is 15.5 Å². The van der Waals surface area contributed by atoms with E-state index in [1.54, 1.807) is 48.7 Å². The van der Waals surface area contributed by atoms with E-state index < -0.39 is 0 Å². The molecule has 2 aromatic rings. The van der Waals surface area contributed by atoms with E-state index in [4.69, 9.17) is 9.15 Å². The molecule has 2 heterocycles. The van der Waals surface area contributed by atoms with Gasteiger partial charge in [-0.15, -0.1) is 0 Å². The largest absolute Gasteiger partial charge is 0.465 e. The number of rotatable bonds is 6. The van der Waals surface area contributed by atoms with Crippen molar-refractivity contribution in [2.45, 2.75) is 0 Å². The van der Waals surface area contributed by atoms with Gasteiger partial charge in [-0.25, -0.2) is 0 Å². The van der Waals surface area contributed by atoms with Gasteiger partial charge >= 0.3 is 0 Å². The van der Waals surface area contributed by atoms with Gasteiger partial charge in [0.15, 0.2) is 0 Å². The molecule has 1 aromatic carbocycles. The number of amides is 2. The number of anilines is 2. The van der Waals surface area contributed by atoms with E-state index in [1.165, 1.54) is 6.08 Å². The molecule has 0 radical (unpaired) electrons. The lowest BCUT2D eigenvalue weighted by molar-refractivity contribution is -0.118. The maximum atomic E-state index is 12.1. The molecule has 3 rings (SSSR count). The van der Waals surface area contributed by atoms with Crippen molar-refractivity contribution in [3.8, 4) is 0 Å². The molecule has 1 saturated heterocycles. The lowest BCUT2D eigenvalue weighted by atomic mass is 10.2. The van der Waals surface area contributed by atoms with Crippen molar-refractivity contribution in [1.82, 2.24) is 4.90 Å². The van der Waals surface area contributed by atoms with Crippen LogP contribution in [-0.2, 0) is 14.3 Å². The van der Waals surface area contributed by atoms with Gasteiger partial charge in [0.05, 0.1) is 26.0 Å². The van der Waals surface area contributed by atoms with Crippen LogP contribution < -0.4 is 10.6 Å². The van der Waals surface area contributed by atoms with Gasteiger partial charge in [-0.1, -0.05) is 0 Å². The van der Waals surface area contributed by atoms with Crippen LogP contribution in [0.3, 0.4) is 0 Å². The molecule has 2 amide bonds. The molecule has 0 atom stereocenters. The molecule has 7 heteroatoms. The first-order valence-corrected chi connectivity index (χ1v) is 8.42. The quantitative estimate of drug-likeness (QED) is 0.776. The van der Waals surface area contributed by atoms with Gasteiger partial charge in [-0.05, 0) is 42.5 Å². The highest BCUT2D eigenvalue weighted by atomic mass is 16.5. The number of carbonyl (C=O) groups excluding carboxylic acids is 2. The summed E-state index contributed by atoms with van der Waals surface area (Å²) in [6, 6.07) is 10.5. The second kappa shape index (κ2) is 8.98. The minimum Gasteiger partial charge on any atom is -0.465 e. The highest BCUT2D eigenvalue weighted by Gasteiger charge is 2.14. The van der Waals surface area contributed by atoms with Crippen molar-refractivity contribution in [2.75, 3.05) is 43.5 Å². The molecule has 7 nitrogen and oxygen atoms in total. The highest BCUT2D eigenvalue weighted by Crippen LogP contribution is 2.14. The summed E-state index contributed by atoms with van der Waals surface area (Å²) in [6.45, 7) is 3.21. The summed E-state index contributed by atoms with van der Waals surface area (Å²) in [5, 5.41) is 5.60. The number of ether oxygens (including phenoxy) is 1. The third-order valence-corrected chi connectivity index (χ3v) is 3.85. The van der Waals surface area contributed by atoms with Crippen molar-refractivity contribution < 1.29 is 18.7 Å². The maximum absolute atomic E-state index is 12.1. The number of furan rings is 1. The van der Waals surface area contributed by atoms with Crippen LogP contribution in [0.4, 0.5) is 11.4 Å². The molecule has 1 aliphatic heterocycles. The van der Waals surface area contributed by atoms with Gasteiger partial charge in [-0.2, -0.15) is 0 Å². The Kier molecular flexibility index (Phi) is 6.19. The molecule has 1 aliphatic rings. The first-order valence-electron chi connectivity index (χ1n) is 8.42. The van der Waals surface area contributed by atoms with E-state index in [-0.39, 0.29) is 11.8 Å². The van der Waals surface area contributed by atoms with Gasteiger partial charge in [0, 0.05) is 30.5 Å². The smallest absolute Gasteiger partial charge is 0.248 e. The van der Waals surface area contributed by atoms with Crippen LogP contribution >= 0.6 is 0 Å². The molecule has 0 saturated carbocycles. The van der Waals surface area contributed by atoms with E-state index in [1.807, 2.05) is 0 Å². The van der Waals surface area contributed by atoms with Crippen molar-refractivity contribution in [3.05, 3.63) is 54.5 Å². The number of carbonyl (C=O) groups is 2. The SMILES string of the molecule is O=C(/C=C/c1ccco1)Nc1ccc(NC(=O)CN2CCOCC2)cc1. The molecule has 0 bridgehead atoms. The molecule has 1 aromatic heterocycles. The lowest BCUT2D eigenvalue weighted by Gasteiger charge is -2.25. The van der Waals surface area contributed by atoms with Crippen LogP contribution in [0.5, 0.6) is 0 Å². The van der Waals surface area contributed by atoms with Crippen LogP contribution in [0.1, 0.15) is 5.76 Å². The van der Waals surface area contributed by atoms with Crippen LogP contribution in [0.2, 0.25) is 0 Å². The van der Waals surface area contributed by atoms with Crippen molar-refractivity contribution in [1.29, 1.82) is 0 Å². The second-order valence-corrected chi connectivity index (χ2v) is 5.85. The van der Waals surface area contributed by atoms with Crippen LogP contribution in [-0.4, -0.2) is 49.6 Å². The molecule has 136 valence electrons. The summed E-state index contributed by atoms with van der Waals surface area (Å²) in [7, 11) is 0. The number of benzene rings is 1. The molecular formula is C19H21N3O4. The third-order valence-electron chi connectivity index (χ3n) is 3.85. The number of nitrogens with one attached hydrogen (secondary N) is 2. The van der Waals surface area contributed by atoms with Crippen molar-refractivity contribution in [2.24, 2.45) is 0 Å². The minimum absolute atomic E-state index is 0.0648. The van der Waals surface area contributed by atoms with Gasteiger partial charge in [0.2, 0.25) is 11.8 Å². The first kappa shape index (κ1) is 17.9. The number of nitrogens with zero attached hydrogens (tertiary/aromatic N) is 1. The number of hydrogen-bond donors (Lipinski definition) is 2. The average Bonchev–Trinajstić information content (AvgIpc) is 3.16. The highest BCUT2D eigenvalue weighted by molar-refractivity contribution is 6.02. The average molecular weight is 355 g/mol. The summed E-state index contributed by atoms with van der Waals surface area (Å²) in [4.78, 5) is 26.0. The fourth-order valence-corrected chi connectivity index (χ4v) is 2.53. The Labute approximate surface area is 151 Å².